The molecule has 3 saturated heterocycles. The summed E-state index contributed by atoms with van der Waals surface area (Å²) in [7, 11) is 0. The van der Waals surface area contributed by atoms with Crippen molar-refractivity contribution < 1.29 is 4.74 Å². The predicted octanol–water partition coefficient (Wildman–Crippen LogP) is 3.90. The fourth-order valence-corrected chi connectivity index (χ4v) is 3.52. The van der Waals surface area contributed by atoms with Crippen molar-refractivity contribution in [3.8, 4) is 5.75 Å². The first kappa shape index (κ1) is 13.6. The maximum absolute atomic E-state index is 6.22. The van der Waals surface area contributed by atoms with Crippen LogP contribution >= 0.6 is 0 Å². The Hall–Kier alpha value is -2.00. The Morgan fingerprint density at radius 2 is 1.55 bits per heavy atom. The van der Waals surface area contributed by atoms with E-state index in [0.29, 0.717) is 6.10 Å². The highest BCUT2D eigenvalue weighted by Crippen LogP contribution is 2.31. The van der Waals surface area contributed by atoms with Crippen LogP contribution in [0.1, 0.15) is 12.8 Å². The lowest BCUT2D eigenvalue weighted by Gasteiger charge is -2.44. The Morgan fingerprint density at radius 3 is 2.18 bits per heavy atom. The van der Waals surface area contributed by atoms with Gasteiger partial charge in [-0.1, -0.05) is 18.2 Å². The molecule has 3 heterocycles. The molecule has 3 heteroatoms. The molecule has 0 amide bonds. The second kappa shape index (κ2) is 6.01. The molecule has 1 N–H and O–H groups in total. The third-order valence-electron chi connectivity index (χ3n) is 4.80. The minimum Gasteiger partial charge on any atom is -0.489 e. The first-order valence-corrected chi connectivity index (χ1v) is 8.18. The van der Waals surface area contributed by atoms with E-state index in [1.165, 1.54) is 25.9 Å². The number of ether oxygens (including phenoxy) is 1. The second-order valence-corrected chi connectivity index (χ2v) is 6.31. The molecule has 0 aromatic heterocycles. The van der Waals surface area contributed by atoms with Gasteiger partial charge < -0.3 is 10.1 Å². The summed E-state index contributed by atoms with van der Waals surface area (Å²) in [5, 5.41) is 3.40. The van der Waals surface area contributed by atoms with E-state index < -0.39 is 0 Å². The zero-order valence-corrected chi connectivity index (χ0v) is 12.7. The molecule has 114 valence electrons. The van der Waals surface area contributed by atoms with Gasteiger partial charge in [0.1, 0.15) is 11.9 Å². The van der Waals surface area contributed by atoms with E-state index in [1.807, 2.05) is 18.2 Å². The topological polar surface area (TPSA) is 24.5 Å². The van der Waals surface area contributed by atoms with Gasteiger partial charge in [-0.25, -0.2) is 0 Å². The van der Waals surface area contributed by atoms with Gasteiger partial charge in [-0.2, -0.15) is 0 Å². The molecule has 5 rings (SSSR count). The summed E-state index contributed by atoms with van der Waals surface area (Å²) >= 11 is 0. The number of hydrogen-bond donors (Lipinski definition) is 1. The summed E-state index contributed by atoms with van der Waals surface area (Å²) in [6, 6.07) is 18.5. The Labute approximate surface area is 131 Å². The number of fused-ring (bicyclic) bond motifs is 3. The van der Waals surface area contributed by atoms with E-state index in [2.05, 4.69) is 46.6 Å². The highest BCUT2D eigenvalue weighted by Gasteiger charge is 2.35. The maximum atomic E-state index is 6.22. The molecule has 0 radical (unpaired) electrons. The average molecular weight is 294 g/mol. The predicted molar refractivity (Wildman–Crippen MR) is 89.7 cm³/mol. The molecule has 3 nitrogen and oxygen atoms in total. The Morgan fingerprint density at radius 1 is 0.864 bits per heavy atom. The summed E-state index contributed by atoms with van der Waals surface area (Å²) in [6.45, 7) is 3.60. The van der Waals surface area contributed by atoms with E-state index >= 15 is 0 Å². The van der Waals surface area contributed by atoms with E-state index in [1.54, 1.807) is 0 Å². The number of rotatable bonds is 4. The third kappa shape index (κ3) is 2.95. The summed E-state index contributed by atoms with van der Waals surface area (Å²) < 4.78 is 6.22. The lowest BCUT2D eigenvalue weighted by molar-refractivity contribution is -0.00775. The zero-order chi connectivity index (χ0) is 14.8. The molecule has 0 aliphatic carbocycles. The molecule has 3 aliphatic rings. The largest absolute Gasteiger partial charge is 0.489 e. The van der Waals surface area contributed by atoms with Crippen LogP contribution in [-0.2, 0) is 0 Å². The van der Waals surface area contributed by atoms with Crippen LogP contribution in [0.4, 0.5) is 11.4 Å². The lowest BCUT2D eigenvalue weighted by Crippen LogP contribution is -2.52. The number of nitrogens with one attached hydrogen (secondary N) is 1. The Balaban J connectivity index is 1.39. The van der Waals surface area contributed by atoms with Gasteiger partial charge in [0.15, 0.2) is 0 Å². The molecule has 0 spiro atoms. The van der Waals surface area contributed by atoms with Crippen molar-refractivity contribution in [3.05, 3.63) is 54.6 Å². The van der Waals surface area contributed by atoms with Gasteiger partial charge in [-0.15, -0.1) is 0 Å². The molecule has 2 aromatic carbocycles. The van der Waals surface area contributed by atoms with Gasteiger partial charge in [-0.05, 0) is 68.2 Å². The molecule has 1 atom stereocenters. The van der Waals surface area contributed by atoms with Crippen molar-refractivity contribution in [2.45, 2.75) is 18.9 Å². The Kier molecular flexibility index (Phi) is 3.73. The minimum absolute atomic E-state index is 0.371. The van der Waals surface area contributed by atoms with Gasteiger partial charge in [0.05, 0.1) is 0 Å². The van der Waals surface area contributed by atoms with Gasteiger partial charge in [0.2, 0.25) is 0 Å². The van der Waals surface area contributed by atoms with Crippen molar-refractivity contribution >= 4 is 11.4 Å². The fourth-order valence-electron chi connectivity index (χ4n) is 3.52. The molecule has 2 bridgehead atoms. The molecule has 22 heavy (non-hydrogen) atoms. The number of para-hydroxylation sites is 1. The van der Waals surface area contributed by atoms with Crippen LogP contribution in [0, 0.1) is 5.92 Å². The van der Waals surface area contributed by atoms with Crippen LogP contribution in [0.25, 0.3) is 0 Å². The average Bonchev–Trinajstić information content (AvgIpc) is 2.59. The Bertz CT molecular complexity index is 603. The number of piperidine rings is 3. The van der Waals surface area contributed by atoms with E-state index in [0.717, 1.165) is 29.6 Å². The van der Waals surface area contributed by atoms with Gasteiger partial charge in [-0.3, -0.25) is 4.90 Å². The fraction of sp³-hybridized carbons (Fsp3) is 0.368. The monoisotopic (exact) mass is 294 g/mol. The highest BCUT2D eigenvalue weighted by molar-refractivity contribution is 5.60. The third-order valence-corrected chi connectivity index (χ3v) is 4.80. The molecule has 1 unspecified atom stereocenters. The molecule has 3 fully saturated rings. The number of hydrogen-bond acceptors (Lipinski definition) is 3. The number of nitrogens with zero attached hydrogens (tertiary/aromatic N) is 1. The lowest BCUT2D eigenvalue weighted by atomic mass is 9.86. The summed E-state index contributed by atoms with van der Waals surface area (Å²) in [5.41, 5.74) is 2.20. The molecule has 0 saturated carbocycles. The quantitative estimate of drug-likeness (QED) is 0.925. The van der Waals surface area contributed by atoms with Crippen LogP contribution in [0.15, 0.2) is 54.6 Å². The van der Waals surface area contributed by atoms with Crippen molar-refractivity contribution in [1.29, 1.82) is 0 Å². The normalized spacial score (nSPS) is 26.6. The van der Waals surface area contributed by atoms with Gasteiger partial charge in [0.25, 0.3) is 0 Å². The van der Waals surface area contributed by atoms with Crippen LogP contribution in [0.3, 0.4) is 0 Å². The summed E-state index contributed by atoms with van der Waals surface area (Å²) in [5.74, 6) is 1.73. The SMILES string of the molecule is c1ccc(Nc2ccc(OC3CN4CCC3CC4)cc2)cc1. The first-order valence-electron chi connectivity index (χ1n) is 8.18. The zero-order valence-electron chi connectivity index (χ0n) is 12.7. The number of benzene rings is 2. The van der Waals surface area contributed by atoms with Crippen molar-refractivity contribution in [2.24, 2.45) is 5.92 Å². The smallest absolute Gasteiger partial charge is 0.119 e. The summed E-state index contributed by atoms with van der Waals surface area (Å²) in [4.78, 5) is 2.52. The molecular weight excluding hydrogens is 272 g/mol. The van der Waals surface area contributed by atoms with Crippen LogP contribution in [-0.4, -0.2) is 30.6 Å². The van der Waals surface area contributed by atoms with Gasteiger partial charge in [0, 0.05) is 17.9 Å². The van der Waals surface area contributed by atoms with Crippen LogP contribution in [0.5, 0.6) is 5.75 Å². The second-order valence-electron chi connectivity index (χ2n) is 6.31. The minimum atomic E-state index is 0.371. The highest BCUT2D eigenvalue weighted by atomic mass is 16.5. The molecular formula is C19H22N2O. The van der Waals surface area contributed by atoms with E-state index in [9.17, 15) is 0 Å². The van der Waals surface area contributed by atoms with Crippen LogP contribution < -0.4 is 10.1 Å². The van der Waals surface area contributed by atoms with Crippen LogP contribution in [0.2, 0.25) is 0 Å². The first-order chi connectivity index (χ1) is 10.9. The maximum Gasteiger partial charge on any atom is 0.119 e. The van der Waals surface area contributed by atoms with Crippen molar-refractivity contribution in [1.82, 2.24) is 4.90 Å². The molecule has 3 aliphatic heterocycles. The van der Waals surface area contributed by atoms with Crippen molar-refractivity contribution in [3.63, 3.8) is 0 Å². The van der Waals surface area contributed by atoms with E-state index in [4.69, 9.17) is 4.74 Å². The van der Waals surface area contributed by atoms with E-state index in [-0.39, 0.29) is 0 Å². The standard InChI is InChI=1S/C19H22N2O/c1-2-4-16(5-3-1)20-17-6-8-18(9-7-17)22-19-14-21-12-10-15(19)11-13-21/h1-9,15,19-20H,10-14H2. The summed E-state index contributed by atoms with van der Waals surface area (Å²) in [6.07, 6.45) is 2.95. The van der Waals surface area contributed by atoms with Gasteiger partial charge >= 0.3 is 0 Å². The number of anilines is 2. The van der Waals surface area contributed by atoms with Crippen molar-refractivity contribution in [2.75, 3.05) is 25.0 Å². The molecule has 2 aromatic rings.